The van der Waals surface area contributed by atoms with Gasteiger partial charge in [-0.2, -0.15) is 0 Å². The van der Waals surface area contributed by atoms with Gasteiger partial charge in [0, 0.05) is 0 Å². The minimum absolute atomic E-state index is 0.0717. The van der Waals surface area contributed by atoms with Gasteiger partial charge in [-0.25, -0.2) is 9.18 Å². The number of aliphatic hydroxyl groups is 2. The van der Waals surface area contributed by atoms with Crippen LogP contribution in [0.15, 0.2) is 12.2 Å². The zero-order valence-electron chi connectivity index (χ0n) is 15.4. The van der Waals surface area contributed by atoms with Gasteiger partial charge in [-0.15, -0.1) is 0 Å². The molecule has 146 valence electrons. The minimum Gasteiger partial charge on any atom is -0.479 e. The molecule has 1 rings (SSSR count). The largest absolute Gasteiger partial charge is 0.479 e. The lowest BCUT2D eigenvalue weighted by Crippen LogP contribution is -2.20. The fraction of sp³-hybridized carbons (Fsp3) is 0.850. The molecule has 0 aromatic carbocycles. The van der Waals surface area contributed by atoms with Gasteiger partial charge in [0.15, 0.2) is 6.17 Å². The molecule has 0 aromatic rings. The summed E-state index contributed by atoms with van der Waals surface area (Å²) < 4.78 is 13.0. The van der Waals surface area contributed by atoms with Crippen LogP contribution >= 0.6 is 0 Å². The van der Waals surface area contributed by atoms with E-state index in [0.717, 1.165) is 57.8 Å². The van der Waals surface area contributed by atoms with Crippen molar-refractivity contribution in [3.8, 4) is 0 Å². The summed E-state index contributed by atoms with van der Waals surface area (Å²) in [7, 11) is 0. The van der Waals surface area contributed by atoms with Gasteiger partial charge in [-0.05, 0) is 63.2 Å². The number of aliphatic carboxylic acids is 1. The van der Waals surface area contributed by atoms with Crippen LogP contribution in [0, 0.1) is 11.8 Å². The molecule has 3 N–H and O–H groups in total. The third kappa shape index (κ3) is 8.82. The molecule has 1 fully saturated rings. The second kappa shape index (κ2) is 12.4. The van der Waals surface area contributed by atoms with Gasteiger partial charge in [0.25, 0.3) is 0 Å². The molecule has 0 amide bonds. The molecule has 5 atom stereocenters. The summed E-state index contributed by atoms with van der Waals surface area (Å²) in [5.74, 6) is -0.678. The number of carboxylic acid groups (broad SMARTS) is 1. The number of aliphatic hydroxyl groups excluding tert-OH is 2. The zero-order valence-corrected chi connectivity index (χ0v) is 15.4. The molecular formula is C20H35FO4. The Kier molecular flexibility index (Phi) is 11.0. The van der Waals surface area contributed by atoms with Crippen molar-refractivity contribution < 1.29 is 24.5 Å². The van der Waals surface area contributed by atoms with Crippen molar-refractivity contribution in [2.45, 2.75) is 95.9 Å². The fourth-order valence-corrected chi connectivity index (χ4v) is 3.82. The number of rotatable bonds is 13. The number of hydrogen-bond donors (Lipinski definition) is 3. The van der Waals surface area contributed by atoms with Gasteiger partial charge in [-0.1, -0.05) is 38.3 Å². The average molecular weight is 358 g/mol. The minimum atomic E-state index is -1.76. The first-order valence-electron chi connectivity index (χ1n) is 9.85. The smallest absolute Gasteiger partial charge is 0.338 e. The maximum absolute atomic E-state index is 13.0. The van der Waals surface area contributed by atoms with Crippen LogP contribution < -0.4 is 0 Å². The van der Waals surface area contributed by atoms with Crippen molar-refractivity contribution in [1.82, 2.24) is 0 Å². The monoisotopic (exact) mass is 358 g/mol. The van der Waals surface area contributed by atoms with E-state index in [2.05, 4.69) is 6.92 Å². The summed E-state index contributed by atoms with van der Waals surface area (Å²) in [6, 6.07) is 0. The summed E-state index contributed by atoms with van der Waals surface area (Å²) >= 11 is 0. The van der Waals surface area contributed by atoms with Crippen LogP contribution in [0.1, 0.15) is 77.6 Å². The Morgan fingerprint density at radius 1 is 1.20 bits per heavy atom. The molecule has 5 heteroatoms. The Hall–Kier alpha value is -0.940. The number of hydrogen-bond acceptors (Lipinski definition) is 3. The van der Waals surface area contributed by atoms with Gasteiger partial charge in [0.05, 0.1) is 12.2 Å². The van der Waals surface area contributed by atoms with E-state index in [1.165, 1.54) is 0 Å². The highest BCUT2D eigenvalue weighted by molar-refractivity contribution is 5.71. The molecule has 0 radical (unpaired) electrons. The van der Waals surface area contributed by atoms with Crippen LogP contribution in [0.3, 0.4) is 0 Å². The molecule has 25 heavy (non-hydrogen) atoms. The second-order valence-corrected chi connectivity index (χ2v) is 7.37. The van der Waals surface area contributed by atoms with Crippen LogP contribution in [-0.2, 0) is 4.79 Å². The topological polar surface area (TPSA) is 77.8 Å². The predicted molar refractivity (Wildman–Crippen MR) is 97.1 cm³/mol. The molecule has 0 saturated heterocycles. The van der Waals surface area contributed by atoms with Crippen molar-refractivity contribution in [3.05, 3.63) is 12.2 Å². The van der Waals surface area contributed by atoms with Crippen molar-refractivity contribution in [1.29, 1.82) is 0 Å². The highest BCUT2D eigenvalue weighted by Gasteiger charge is 2.34. The predicted octanol–water partition coefficient (Wildman–Crippen LogP) is 4.24. The van der Waals surface area contributed by atoms with E-state index >= 15 is 0 Å². The van der Waals surface area contributed by atoms with E-state index in [1.54, 1.807) is 0 Å². The molecule has 2 unspecified atom stereocenters. The van der Waals surface area contributed by atoms with Crippen molar-refractivity contribution in [2.24, 2.45) is 11.8 Å². The second-order valence-electron chi connectivity index (χ2n) is 7.37. The molecular weight excluding hydrogens is 323 g/mol. The summed E-state index contributed by atoms with van der Waals surface area (Å²) in [4.78, 5) is 10.4. The molecule has 0 bridgehead atoms. The Morgan fingerprint density at radius 2 is 1.96 bits per heavy atom. The van der Waals surface area contributed by atoms with Gasteiger partial charge in [0.1, 0.15) is 0 Å². The molecule has 0 aromatic heterocycles. The molecule has 0 heterocycles. The quantitative estimate of drug-likeness (QED) is 0.340. The number of halogens is 1. The third-order valence-electron chi connectivity index (χ3n) is 5.34. The summed E-state index contributed by atoms with van der Waals surface area (Å²) in [5, 5.41) is 28.7. The first kappa shape index (κ1) is 22.1. The number of unbranched alkanes of at least 4 members (excludes halogenated alkanes) is 3. The van der Waals surface area contributed by atoms with E-state index in [9.17, 15) is 19.4 Å². The molecule has 0 spiro atoms. The standard InChI is InChI=1S/C20H35FO4/c1-2-3-5-8-16(22)13-11-15-12-14-19(23)17(15)9-6-4-7-10-18(21)20(24)25/h5,8,15-19,22-23H,2-4,6-7,9-14H2,1H3,(H,24,25)/t15-,16?,17+,18?,19-/m0/s1. The van der Waals surface area contributed by atoms with Crippen LogP contribution in [-0.4, -0.2) is 39.7 Å². The lowest BCUT2D eigenvalue weighted by molar-refractivity contribution is -0.143. The van der Waals surface area contributed by atoms with Crippen molar-refractivity contribution in [3.63, 3.8) is 0 Å². The van der Waals surface area contributed by atoms with Crippen LogP contribution in [0.2, 0.25) is 0 Å². The molecule has 1 aliphatic rings. The Labute approximate surface area is 151 Å². The molecule has 1 saturated carbocycles. The summed E-state index contributed by atoms with van der Waals surface area (Å²) in [6.07, 6.45) is 10.3. The number of allylic oxidation sites excluding steroid dienone is 1. The van der Waals surface area contributed by atoms with Gasteiger partial charge in [-0.3, -0.25) is 0 Å². The Morgan fingerprint density at radius 3 is 2.64 bits per heavy atom. The average Bonchev–Trinajstić information content (AvgIpc) is 2.92. The highest BCUT2D eigenvalue weighted by atomic mass is 19.1. The van der Waals surface area contributed by atoms with Gasteiger partial charge in [0.2, 0.25) is 0 Å². The van der Waals surface area contributed by atoms with Gasteiger partial charge < -0.3 is 15.3 Å². The third-order valence-corrected chi connectivity index (χ3v) is 5.34. The maximum atomic E-state index is 13.0. The van der Waals surface area contributed by atoms with Crippen LogP contribution in [0.5, 0.6) is 0 Å². The first-order chi connectivity index (χ1) is 12.0. The Balaban J connectivity index is 2.25. The molecule has 4 nitrogen and oxygen atoms in total. The fourth-order valence-electron chi connectivity index (χ4n) is 3.82. The number of carbonyl (C=O) groups is 1. The van der Waals surface area contributed by atoms with Gasteiger partial charge >= 0.3 is 5.97 Å². The van der Waals surface area contributed by atoms with E-state index < -0.39 is 18.2 Å². The SMILES string of the molecule is CCCC=CC(O)CC[C@H]1CC[C@H](O)[C@@H]1CCCCCC(F)C(=O)O. The van der Waals surface area contributed by atoms with Crippen LogP contribution in [0.25, 0.3) is 0 Å². The summed E-state index contributed by atoms with van der Waals surface area (Å²) in [5.41, 5.74) is 0. The van der Waals surface area contributed by atoms with Crippen LogP contribution in [0.4, 0.5) is 4.39 Å². The van der Waals surface area contributed by atoms with E-state index in [0.29, 0.717) is 12.3 Å². The lowest BCUT2D eigenvalue weighted by Gasteiger charge is -2.22. The number of carboxylic acids is 1. The zero-order chi connectivity index (χ0) is 18.7. The highest BCUT2D eigenvalue weighted by Crippen LogP contribution is 2.38. The van der Waals surface area contributed by atoms with E-state index in [4.69, 9.17) is 5.11 Å². The van der Waals surface area contributed by atoms with Crippen molar-refractivity contribution >= 4 is 5.97 Å². The first-order valence-corrected chi connectivity index (χ1v) is 9.85. The molecule has 0 aliphatic heterocycles. The molecule has 1 aliphatic carbocycles. The Bertz CT molecular complexity index is 399. The normalized spacial score (nSPS) is 26.2. The lowest BCUT2D eigenvalue weighted by atomic mass is 9.85. The summed E-state index contributed by atoms with van der Waals surface area (Å²) in [6.45, 7) is 2.11. The number of alkyl halides is 1. The van der Waals surface area contributed by atoms with E-state index in [1.807, 2.05) is 12.2 Å². The maximum Gasteiger partial charge on any atom is 0.338 e. The van der Waals surface area contributed by atoms with E-state index in [-0.39, 0.29) is 18.4 Å². The van der Waals surface area contributed by atoms with Crippen molar-refractivity contribution in [2.75, 3.05) is 0 Å².